The molecule has 140 valence electrons. The minimum atomic E-state index is -0.623. The molecule has 2 amide bonds. The molecule has 0 atom stereocenters. The number of urea groups is 1. The van der Waals surface area contributed by atoms with Gasteiger partial charge in [0.25, 0.3) is 0 Å². The summed E-state index contributed by atoms with van der Waals surface area (Å²) in [5.74, 6) is 0.516. The summed E-state index contributed by atoms with van der Waals surface area (Å²) in [5, 5.41) is 9.22. The second-order valence-electron chi connectivity index (χ2n) is 5.84. The molecule has 7 nitrogen and oxygen atoms in total. The van der Waals surface area contributed by atoms with Gasteiger partial charge in [0.1, 0.15) is 11.3 Å². The molecule has 1 heterocycles. The standard InChI is InChI=1S/C20H21N3O4/c1-3-12-21-17-13-8-4-6-10-15(13)27-19(24)18(17)23-20(25)22-14-9-5-7-11-16(14)26-2/h4-11,21H,3,12H2,1-2H3,(H2,22,23,25). The number of rotatable bonds is 6. The van der Waals surface area contributed by atoms with Crippen LogP contribution in [-0.4, -0.2) is 19.7 Å². The first-order valence-corrected chi connectivity index (χ1v) is 8.64. The predicted molar refractivity (Wildman–Crippen MR) is 107 cm³/mol. The molecule has 3 rings (SSSR count). The summed E-state index contributed by atoms with van der Waals surface area (Å²) < 4.78 is 10.6. The Morgan fingerprint density at radius 2 is 1.78 bits per heavy atom. The quantitative estimate of drug-likeness (QED) is 0.566. The van der Waals surface area contributed by atoms with Crippen molar-refractivity contribution >= 4 is 34.1 Å². The maximum absolute atomic E-state index is 12.5. The van der Waals surface area contributed by atoms with Crippen molar-refractivity contribution in [2.24, 2.45) is 0 Å². The molecule has 0 aliphatic carbocycles. The van der Waals surface area contributed by atoms with Gasteiger partial charge in [0.05, 0.1) is 18.5 Å². The number of hydrogen-bond donors (Lipinski definition) is 3. The van der Waals surface area contributed by atoms with Crippen molar-refractivity contribution in [3.63, 3.8) is 0 Å². The number of carbonyl (C=O) groups excluding carboxylic acids is 1. The Kier molecular flexibility index (Phi) is 5.61. The molecule has 0 fully saturated rings. The smallest absolute Gasteiger partial charge is 0.362 e. The Bertz CT molecular complexity index is 1010. The molecule has 0 aliphatic rings. The average molecular weight is 367 g/mol. The number of ether oxygens (including phenoxy) is 1. The zero-order chi connectivity index (χ0) is 19.2. The molecule has 0 unspecified atom stereocenters. The topological polar surface area (TPSA) is 92.6 Å². The Hall–Kier alpha value is -3.48. The first kappa shape index (κ1) is 18.3. The van der Waals surface area contributed by atoms with Crippen molar-refractivity contribution in [3.05, 3.63) is 59.0 Å². The van der Waals surface area contributed by atoms with Gasteiger partial charge in [0.15, 0.2) is 5.69 Å². The second kappa shape index (κ2) is 8.27. The second-order valence-corrected chi connectivity index (χ2v) is 5.84. The Labute approximate surface area is 156 Å². The van der Waals surface area contributed by atoms with Gasteiger partial charge < -0.3 is 19.8 Å². The van der Waals surface area contributed by atoms with E-state index < -0.39 is 11.7 Å². The van der Waals surface area contributed by atoms with Crippen molar-refractivity contribution in [3.8, 4) is 5.75 Å². The summed E-state index contributed by atoms with van der Waals surface area (Å²) in [6.07, 6.45) is 0.863. The van der Waals surface area contributed by atoms with Crippen molar-refractivity contribution in [2.75, 3.05) is 29.6 Å². The monoisotopic (exact) mass is 367 g/mol. The van der Waals surface area contributed by atoms with E-state index in [0.29, 0.717) is 29.3 Å². The summed E-state index contributed by atoms with van der Waals surface area (Å²) in [4.78, 5) is 24.9. The maximum Gasteiger partial charge on any atom is 0.362 e. The van der Waals surface area contributed by atoms with E-state index in [1.807, 2.05) is 19.1 Å². The van der Waals surface area contributed by atoms with Gasteiger partial charge in [0, 0.05) is 11.9 Å². The highest BCUT2D eigenvalue weighted by molar-refractivity contribution is 6.06. The number of hydrogen-bond acceptors (Lipinski definition) is 5. The number of carbonyl (C=O) groups is 1. The van der Waals surface area contributed by atoms with E-state index >= 15 is 0 Å². The van der Waals surface area contributed by atoms with Crippen LogP contribution in [0.15, 0.2) is 57.7 Å². The maximum atomic E-state index is 12.5. The lowest BCUT2D eigenvalue weighted by Gasteiger charge is -2.15. The van der Waals surface area contributed by atoms with Crippen LogP contribution in [0.2, 0.25) is 0 Å². The lowest BCUT2D eigenvalue weighted by molar-refractivity contribution is 0.262. The van der Waals surface area contributed by atoms with Gasteiger partial charge in [-0.2, -0.15) is 0 Å². The molecule has 1 aromatic heterocycles. The molecule has 7 heteroatoms. The molecule has 0 aliphatic heterocycles. The van der Waals surface area contributed by atoms with E-state index in [2.05, 4.69) is 16.0 Å². The van der Waals surface area contributed by atoms with E-state index in [1.54, 1.807) is 36.4 Å². The summed E-state index contributed by atoms with van der Waals surface area (Å²) in [7, 11) is 1.52. The molecule has 27 heavy (non-hydrogen) atoms. The van der Waals surface area contributed by atoms with E-state index in [4.69, 9.17) is 9.15 Å². The number of nitrogens with one attached hydrogen (secondary N) is 3. The van der Waals surface area contributed by atoms with Gasteiger partial charge in [0.2, 0.25) is 0 Å². The largest absolute Gasteiger partial charge is 0.495 e. The van der Waals surface area contributed by atoms with Gasteiger partial charge >= 0.3 is 11.7 Å². The van der Waals surface area contributed by atoms with Crippen molar-refractivity contribution < 1.29 is 13.9 Å². The van der Waals surface area contributed by atoms with Crippen LogP contribution in [0, 0.1) is 0 Å². The van der Waals surface area contributed by atoms with Crippen LogP contribution in [0.5, 0.6) is 5.75 Å². The molecule has 0 saturated carbocycles. The third kappa shape index (κ3) is 4.03. The zero-order valence-electron chi connectivity index (χ0n) is 15.2. The molecule has 0 spiro atoms. The lowest BCUT2D eigenvalue weighted by atomic mass is 10.2. The van der Waals surface area contributed by atoms with Crippen molar-refractivity contribution in [1.82, 2.24) is 0 Å². The van der Waals surface area contributed by atoms with Gasteiger partial charge in [-0.1, -0.05) is 31.2 Å². The Balaban J connectivity index is 1.94. The first-order valence-electron chi connectivity index (χ1n) is 8.64. The van der Waals surface area contributed by atoms with E-state index in [0.717, 1.165) is 11.8 Å². The van der Waals surface area contributed by atoms with Crippen molar-refractivity contribution in [2.45, 2.75) is 13.3 Å². The summed E-state index contributed by atoms with van der Waals surface area (Å²) in [6, 6.07) is 13.6. The van der Waals surface area contributed by atoms with Crippen LogP contribution >= 0.6 is 0 Å². The Morgan fingerprint density at radius 3 is 2.56 bits per heavy atom. The number of benzene rings is 2. The van der Waals surface area contributed by atoms with Gasteiger partial charge in [-0.05, 0) is 30.7 Å². The normalized spacial score (nSPS) is 10.4. The van der Waals surface area contributed by atoms with Crippen LogP contribution in [-0.2, 0) is 0 Å². The van der Waals surface area contributed by atoms with Crippen LogP contribution in [0.3, 0.4) is 0 Å². The number of fused-ring (bicyclic) bond motifs is 1. The SMILES string of the molecule is CCCNc1c(NC(=O)Nc2ccccc2OC)c(=O)oc2ccccc12. The molecule has 0 bridgehead atoms. The molecule has 3 N–H and O–H groups in total. The van der Waals surface area contributed by atoms with Crippen LogP contribution in [0.25, 0.3) is 11.0 Å². The highest BCUT2D eigenvalue weighted by atomic mass is 16.5. The minimum absolute atomic E-state index is 0.0644. The van der Waals surface area contributed by atoms with Gasteiger partial charge in [-0.3, -0.25) is 5.32 Å². The minimum Gasteiger partial charge on any atom is -0.495 e. The van der Waals surface area contributed by atoms with Crippen LogP contribution < -0.4 is 26.3 Å². The van der Waals surface area contributed by atoms with Gasteiger partial charge in [-0.25, -0.2) is 9.59 Å². The summed E-state index contributed by atoms with van der Waals surface area (Å²) in [6.45, 7) is 2.67. The highest BCUT2D eigenvalue weighted by Gasteiger charge is 2.17. The number of amides is 2. The fourth-order valence-corrected chi connectivity index (χ4v) is 2.71. The number of para-hydroxylation sites is 3. The van der Waals surface area contributed by atoms with Crippen LogP contribution in [0.4, 0.5) is 21.9 Å². The molecule has 0 radical (unpaired) electrons. The summed E-state index contributed by atoms with van der Waals surface area (Å²) in [5.41, 5.74) is 0.929. The van der Waals surface area contributed by atoms with Crippen LogP contribution in [0.1, 0.15) is 13.3 Å². The van der Waals surface area contributed by atoms with E-state index in [1.165, 1.54) is 7.11 Å². The fourth-order valence-electron chi connectivity index (χ4n) is 2.71. The predicted octanol–water partition coefficient (Wildman–Crippen LogP) is 4.27. The third-order valence-electron chi connectivity index (χ3n) is 3.96. The molecule has 3 aromatic rings. The van der Waals surface area contributed by atoms with Gasteiger partial charge in [-0.15, -0.1) is 0 Å². The van der Waals surface area contributed by atoms with Crippen molar-refractivity contribution in [1.29, 1.82) is 0 Å². The number of methoxy groups -OCH3 is 1. The number of anilines is 3. The lowest BCUT2D eigenvalue weighted by Crippen LogP contribution is -2.25. The highest BCUT2D eigenvalue weighted by Crippen LogP contribution is 2.29. The molecule has 0 saturated heterocycles. The zero-order valence-corrected chi connectivity index (χ0v) is 15.2. The molecular weight excluding hydrogens is 346 g/mol. The molecule has 2 aromatic carbocycles. The fraction of sp³-hybridized carbons (Fsp3) is 0.200. The average Bonchev–Trinajstić information content (AvgIpc) is 2.68. The summed E-state index contributed by atoms with van der Waals surface area (Å²) >= 11 is 0. The van der Waals surface area contributed by atoms with E-state index in [9.17, 15) is 9.59 Å². The third-order valence-corrected chi connectivity index (χ3v) is 3.96. The Morgan fingerprint density at radius 1 is 1.04 bits per heavy atom. The first-order chi connectivity index (χ1) is 13.1. The van der Waals surface area contributed by atoms with E-state index in [-0.39, 0.29) is 5.69 Å². The molecular formula is C20H21N3O4.